The molecule has 2 amide bonds. The van der Waals surface area contributed by atoms with Crippen molar-refractivity contribution in [2.45, 2.75) is 12.5 Å². The molecule has 0 saturated heterocycles. The number of pyridine rings is 1. The third kappa shape index (κ3) is 3.24. The van der Waals surface area contributed by atoms with Crippen LogP contribution in [0.3, 0.4) is 0 Å². The Labute approximate surface area is 155 Å². The molecule has 2 aromatic heterocycles. The maximum atomic E-state index is 12.5. The highest BCUT2D eigenvalue weighted by Gasteiger charge is 2.25. The van der Waals surface area contributed by atoms with E-state index in [1.54, 1.807) is 29.8 Å². The number of aliphatic imine (C=N–C) groups is 1. The van der Waals surface area contributed by atoms with Gasteiger partial charge in [0.05, 0.1) is 12.5 Å². The van der Waals surface area contributed by atoms with Gasteiger partial charge in [0, 0.05) is 25.1 Å². The topological polar surface area (TPSA) is 105 Å². The predicted molar refractivity (Wildman–Crippen MR) is 101 cm³/mol. The van der Waals surface area contributed by atoms with E-state index in [0.29, 0.717) is 17.0 Å². The maximum absolute atomic E-state index is 12.5. The molecule has 3 heterocycles. The Hall–Kier alpha value is -3.68. The maximum Gasteiger partial charge on any atom is 0.275 e. The molecule has 1 atom stereocenters. The summed E-state index contributed by atoms with van der Waals surface area (Å²) in [6.45, 7) is 0. The van der Waals surface area contributed by atoms with Crippen LogP contribution in [-0.2, 0) is 4.79 Å². The lowest BCUT2D eigenvalue weighted by Crippen LogP contribution is -2.42. The highest BCUT2D eigenvalue weighted by molar-refractivity contribution is 6.03. The normalized spacial score (nSPS) is 17.1. The summed E-state index contributed by atoms with van der Waals surface area (Å²) in [6.07, 6.45) is 3.75. The smallest absolute Gasteiger partial charge is 0.275 e. The molecule has 0 saturated carbocycles. The fourth-order valence-electron chi connectivity index (χ4n) is 2.98. The summed E-state index contributed by atoms with van der Waals surface area (Å²) in [7, 11) is 1.60. The second-order valence-corrected chi connectivity index (χ2v) is 6.33. The summed E-state index contributed by atoms with van der Waals surface area (Å²) in [5.74, 6) is -0.208. The molecular formula is C19H18N6O2. The summed E-state index contributed by atoms with van der Waals surface area (Å²) in [5, 5.41) is 2.84. The Morgan fingerprint density at radius 1 is 1.26 bits per heavy atom. The first-order chi connectivity index (χ1) is 13.0. The summed E-state index contributed by atoms with van der Waals surface area (Å²) in [6, 6.07) is 12.5. The number of carbonyl (C=O) groups excluding carboxylic acids is 2. The van der Waals surface area contributed by atoms with Crippen LogP contribution in [-0.4, -0.2) is 39.1 Å². The number of hydrogen-bond acceptors (Lipinski definition) is 5. The molecule has 136 valence electrons. The zero-order valence-corrected chi connectivity index (χ0v) is 14.7. The number of aromatic nitrogens is 2. The van der Waals surface area contributed by atoms with Gasteiger partial charge in [0.25, 0.3) is 5.91 Å². The lowest BCUT2D eigenvalue weighted by Gasteiger charge is -2.25. The number of rotatable bonds is 3. The molecule has 3 aromatic rings. The van der Waals surface area contributed by atoms with Crippen LogP contribution in [0.4, 0.5) is 5.69 Å². The first-order valence-corrected chi connectivity index (χ1v) is 8.46. The quantitative estimate of drug-likeness (QED) is 0.741. The minimum absolute atomic E-state index is 0.0911. The highest BCUT2D eigenvalue weighted by atomic mass is 16.2. The number of amides is 2. The Bertz CT molecular complexity index is 1040. The van der Waals surface area contributed by atoms with Gasteiger partial charge in [-0.3, -0.25) is 14.5 Å². The van der Waals surface area contributed by atoms with Crippen LogP contribution in [0.15, 0.2) is 59.9 Å². The van der Waals surface area contributed by atoms with Crippen molar-refractivity contribution in [2.75, 3.05) is 12.4 Å². The fourth-order valence-corrected chi connectivity index (χ4v) is 2.98. The van der Waals surface area contributed by atoms with Gasteiger partial charge in [-0.2, -0.15) is 0 Å². The van der Waals surface area contributed by atoms with Crippen molar-refractivity contribution in [3.8, 4) is 0 Å². The van der Waals surface area contributed by atoms with Gasteiger partial charge in [-0.15, -0.1) is 0 Å². The summed E-state index contributed by atoms with van der Waals surface area (Å²) in [4.78, 5) is 34.5. The fraction of sp³-hybridized carbons (Fsp3) is 0.158. The number of nitrogens with zero attached hydrogens (tertiary/aromatic N) is 4. The zero-order valence-electron chi connectivity index (χ0n) is 14.7. The van der Waals surface area contributed by atoms with Gasteiger partial charge in [0.2, 0.25) is 5.91 Å². The van der Waals surface area contributed by atoms with Crippen LogP contribution in [0.25, 0.3) is 5.65 Å². The molecule has 1 aliphatic rings. The van der Waals surface area contributed by atoms with Gasteiger partial charge >= 0.3 is 0 Å². The average molecular weight is 362 g/mol. The van der Waals surface area contributed by atoms with Gasteiger partial charge in [0.1, 0.15) is 11.3 Å². The van der Waals surface area contributed by atoms with E-state index in [1.807, 2.05) is 36.5 Å². The lowest BCUT2D eigenvalue weighted by molar-refractivity contribution is -0.127. The van der Waals surface area contributed by atoms with Gasteiger partial charge in [0.15, 0.2) is 5.96 Å². The average Bonchev–Trinajstić information content (AvgIpc) is 3.10. The van der Waals surface area contributed by atoms with Gasteiger partial charge < -0.3 is 15.5 Å². The summed E-state index contributed by atoms with van der Waals surface area (Å²) in [5.41, 5.74) is 8.24. The van der Waals surface area contributed by atoms with Gasteiger partial charge in [-0.1, -0.05) is 18.2 Å². The van der Waals surface area contributed by atoms with E-state index in [2.05, 4.69) is 15.3 Å². The number of guanidine groups is 1. The molecule has 3 N–H and O–H groups in total. The van der Waals surface area contributed by atoms with Crippen molar-refractivity contribution >= 4 is 29.1 Å². The van der Waals surface area contributed by atoms with E-state index in [9.17, 15) is 9.59 Å². The number of benzene rings is 1. The molecule has 1 unspecified atom stereocenters. The first kappa shape index (κ1) is 16.8. The van der Waals surface area contributed by atoms with E-state index >= 15 is 0 Å². The van der Waals surface area contributed by atoms with Crippen molar-refractivity contribution in [3.05, 3.63) is 66.1 Å². The van der Waals surface area contributed by atoms with E-state index < -0.39 is 0 Å². The van der Waals surface area contributed by atoms with Crippen LogP contribution in [0.2, 0.25) is 0 Å². The number of fused-ring (bicyclic) bond motifs is 1. The van der Waals surface area contributed by atoms with Crippen molar-refractivity contribution in [3.63, 3.8) is 0 Å². The van der Waals surface area contributed by atoms with E-state index in [1.165, 1.54) is 4.90 Å². The molecule has 1 aromatic carbocycles. The van der Waals surface area contributed by atoms with Crippen molar-refractivity contribution in [2.24, 2.45) is 10.7 Å². The second kappa shape index (κ2) is 6.56. The van der Waals surface area contributed by atoms with Gasteiger partial charge in [-0.25, -0.2) is 9.98 Å². The largest absolute Gasteiger partial charge is 0.369 e. The molecule has 0 spiro atoms. The first-order valence-electron chi connectivity index (χ1n) is 8.46. The Kier molecular flexibility index (Phi) is 4.08. The molecule has 27 heavy (non-hydrogen) atoms. The number of imidazole rings is 1. The SMILES string of the molecule is CN1C(=O)CC(c2cccc(NC(=O)c3cn4ccccc4n3)c2)N=C1N. The predicted octanol–water partition coefficient (Wildman–Crippen LogP) is 1.80. The van der Waals surface area contributed by atoms with Crippen LogP contribution in [0.5, 0.6) is 0 Å². The summed E-state index contributed by atoms with van der Waals surface area (Å²) < 4.78 is 1.78. The van der Waals surface area contributed by atoms with Gasteiger partial charge in [-0.05, 0) is 29.8 Å². The Balaban J connectivity index is 1.56. The molecule has 8 heteroatoms. The molecule has 0 radical (unpaired) electrons. The van der Waals surface area contributed by atoms with Crippen molar-refractivity contribution in [1.82, 2.24) is 14.3 Å². The lowest BCUT2D eigenvalue weighted by atomic mass is 10.0. The molecule has 4 rings (SSSR count). The monoisotopic (exact) mass is 362 g/mol. The van der Waals surface area contributed by atoms with Crippen LogP contribution in [0.1, 0.15) is 28.5 Å². The molecule has 0 aliphatic carbocycles. The van der Waals surface area contributed by atoms with E-state index in [-0.39, 0.29) is 30.2 Å². The number of anilines is 1. The number of nitrogens with two attached hydrogens (primary N) is 1. The third-order valence-electron chi connectivity index (χ3n) is 4.50. The van der Waals surface area contributed by atoms with E-state index in [4.69, 9.17) is 5.73 Å². The standard InChI is InChI=1S/C19H18N6O2/c1-24-17(26)10-14(23-19(24)20)12-5-4-6-13(9-12)21-18(27)15-11-25-8-3-2-7-16(25)22-15/h2-9,11,14H,10H2,1H3,(H2,20,23)(H,21,27). The van der Waals surface area contributed by atoms with Crippen LogP contribution >= 0.6 is 0 Å². The number of carbonyl (C=O) groups is 2. The molecule has 8 nitrogen and oxygen atoms in total. The van der Waals surface area contributed by atoms with Crippen LogP contribution < -0.4 is 11.1 Å². The minimum Gasteiger partial charge on any atom is -0.369 e. The number of hydrogen-bond donors (Lipinski definition) is 2. The van der Waals surface area contributed by atoms with Crippen LogP contribution in [0, 0.1) is 0 Å². The van der Waals surface area contributed by atoms with E-state index in [0.717, 1.165) is 5.56 Å². The highest BCUT2D eigenvalue weighted by Crippen LogP contribution is 2.27. The second-order valence-electron chi connectivity index (χ2n) is 6.33. The molecule has 0 bridgehead atoms. The zero-order chi connectivity index (χ0) is 19.0. The summed E-state index contributed by atoms with van der Waals surface area (Å²) >= 11 is 0. The molecular weight excluding hydrogens is 344 g/mol. The third-order valence-corrected chi connectivity index (χ3v) is 4.50. The number of nitrogens with one attached hydrogen (secondary N) is 1. The Morgan fingerprint density at radius 3 is 2.89 bits per heavy atom. The van der Waals surface area contributed by atoms with Crippen molar-refractivity contribution in [1.29, 1.82) is 0 Å². The van der Waals surface area contributed by atoms with Crippen molar-refractivity contribution < 1.29 is 9.59 Å². The molecule has 0 fully saturated rings. The Morgan fingerprint density at radius 2 is 2.11 bits per heavy atom. The minimum atomic E-state index is -0.360. The molecule has 1 aliphatic heterocycles.